The van der Waals surface area contributed by atoms with Crippen LogP contribution in [-0.2, 0) is 21.4 Å². The molecular weight excluding hydrogens is 392 g/mol. The Morgan fingerprint density at radius 2 is 1.78 bits per heavy atom. The third-order valence-electron chi connectivity index (χ3n) is 3.76. The Morgan fingerprint density at radius 3 is 2.30 bits per heavy atom. The second kappa shape index (κ2) is 8.96. The molecule has 1 amide bonds. The molecule has 0 aliphatic carbocycles. The highest BCUT2D eigenvalue weighted by Gasteiger charge is 2.21. The molecule has 0 fully saturated rings. The molecule has 9 heteroatoms. The maximum atomic E-state index is 12.3. The maximum Gasteiger partial charge on any atom is 0.241 e. The summed E-state index contributed by atoms with van der Waals surface area (Å²) in [5.41, 5.74) is 1.14. The van der Waals surface area contributed by atoms with E-state index in [1.807, 2.05) is 12.1 Å². The number of nitrogens with one attached hydrogen (secondary N) is 1. The quantitative estimate of drug-likeness (QED) is 0.719. The monoisotopic (exact) mass is 412 g/mol. The summed E-state index contributed by atoms with van der Waals surface area (Å²) in [5, 5.41) is 2.95. The highest BCUT2D eigenvalue weighted by Crippen LogP contribution is 2.30. The summed E-state index contributed by atoms with van der Waals surface area (Å²) >= 11 is 6.07. The van der Waals surface area contributed by atoms with Crippen molar-refractivity contribution in [3.05, 3.63) is 53.1 Å². The normalized spacial score (nSPS) is 11.0. The Balaban J connectivity index is 2.09. The van der Waals surface area contributed by atoms with Crippen molar-refractivity contribution >= 4 is 33.2 Å². The molecule has 0 heterocycles. The van der Waals surface area contributed by atoms with E-state index in [0.717, 1.165) is 16.1 Å². The van der Waals surface area contributed by atoms with Crippen LogP contribution < -0.4 is 19.1 Å². The molecule has 0 bridgehead atoms. The van der Waals surface area contributed by atoms with E-state index in [1.165, 1.54) is 19.2 Å². The van der Waals surface area contributed by atoms with Crippen LogP contribution in [0.4, 0.5) is 5.69 Å². The van der Waals surface area contributed by atoms with Crippen LogP contribution >= 0.6 is 11.6 Å². The summed E-state index contributed by atoms with van der Waals surface area (Å²) < 4.78 is 35.4. The maximum absolute atomic E-state index is 12.3. The van der Waals surface area contributed by atoms with Crippen molar-refractivity contribution in [3.8, 4) is 11.5 Å². The smallest absolute Gasteiger partial charge is 0.241 e. The minimum atomic E-state index is -3.68. The fourth-order valence-corrected chi connectivity index (χ4v) is 3.44. The number of sulfonamides is 1. The van der Waals surface area contributed by atoms with Crippen LogP contribution in [-0.4, -0.2) is 41.3 Å². The van der Waals surface area contributed by atoms with Crippen LogP contribution in [0.1, 0.15) is 5.56 Å². The molecule has 2 aromatic carbocycles. The van der Waals surface area contributed by atoms with Gasteiger partial charge in [-0.1, -0.05) is 23.7 Å². The topological polar surface area (TPSA) is 84.9 Å². The number of carbonyl (C=O) groups excluding carboxylic acids is 1. The fourth-order valence-electron chi connectivity index (χ4n) is 2.34. The zero-order valence-electron chi connectivity index (χ0n) is 15.2. The van der Waals surface area contributed by atoms with Gasteiger partial charge in [0, 0.05) is 6.54 Å². The number of carbonyl (C=O) groups is 1. The molecule has 0 radical (unpaired) electrons. The van der Waals surface area contributed by atoms with Gasteiger partial charge >= 0.3 is 0 Å². The average Bonchev–Trinajstić information content (AvgIpc) is 2.64. The van der Waals surface area contributed by atoms with Crippen LogP contribution in [0.2, 0.25) is 5.02 Å². The van der Waals surface area contributed by atoms with Crippen molar-refractivity contribution in [2.24, 2.45) is 0 Å². The van der Waals surface area contributed by atoms with Gasteiger partial charge in [0.15, 0.2) is 0 Å². The summed E-state index contributed by atoms with van der Waals surface area (Å²) in [5.74, 6) is 0.686. The lowest BCUT2D eigenvalue weighted by Gasteiger charge is -2.22. The van der Waals surface area contributed by atoms with E-state index < -0.39 is 15.9 Å². The van der Waals surface area contributed by atoms with Gasteiger partial charge in [-0.25, -0.2) is 8.42 Å². The molecule has 1 N–H and O–H groups in total. The average molecular weight is 413 g/mol. The number of anilines is 1. The van der Waals surface area contributed by atoms with E-state index in [-0.39, 0.29) is 23.8 Å². The Labute approximate surface area is 163 Å². The SMILES string of the molecule is COc1ccc(CNC(=O)CN(c2ccc(OC)c(Cl)c2)S(C)(=O)=O)cc1. The van der Waals surface area contributed by atoms with E-state index in [1.54, 1.807) is 25.3 Å². The van der Waals surface area contributed by atoms with Crippen molar-refractivity contribution in [3.63, 3.8) is 0 Å². The number of nitrogens with zero attached hydrogens (tertiary/aromatic N) is 1. The van der Waals surface area contributed by atoms with Crippen molar-refractivity contribution in [2.45, 2.75) is 6.54 Å². The first-order valence-electron chi connectivity index (χ1n) is 7.95. The minimum absolute atomic E-state index is 0.252. The lowest BCUT2D eigenvalue weighted by Crippen LogP contribution is -2.40. The zero-order valence-corrected chi connectivity index (χ0v) is 16.8. The Kier molecular flexibility index (Phi) is 6.92. The summed E-state index contributed by atoms with van der Waals surface area (Å²) in [4.78, 5) is 12.3. The lowest BCUT2D eigenvalue weighted by molar-refractivity contribution is -0.119. The van der Waals surface area contributed by atoms with Crippen molar-refractivity contribution in [1.82, 2.24) is 5.32 Å². The molecule has 0 saturated carbocycles. The highest BCUT2D eigenvalue weighted by molar-refractivity contribution is 7.92. The molecule has 0 aliphatic rings. The molecule has 146 valence electrons. The molecule has 2 aromatic rings. The first kappa shape index (κ1) is 20.9. The van der Waals surface area contributed by atoms with Crippen LogP contribution in [0.3, 0.4) is 0 Å². The number of halogens is 1. The van der Waals surface area contributed by atoms with Crippen LogP contribution in [0.15, 0.2) is 42.5 Å². The standard InChI is InChI=1S/C18H21ClN2O5S/c1-25-15-7-4-13(5-8-15)11-20-18(22)12-21(27(3,23)24)14-6-9-17(26-2)16(19)10-14/h4-10H,11-12H2,1-3H3,(H,20,22). The molecular formula is C18H21ClN2O5S. The third-order valence-corrected chi connectivity index (χ3v) is 5.20. The molecule has 2 rings (SSSR count). The van der Waals surface area contributed by atoms with Gasteiger partial charge in [0.1, 0.15) is 18.0 Å². The molecule has 27 heavy (non-hydrogen) atoms. The van der Waals surface area contributed by atoms with Crippen molar-refractivity contribution in [1.29, 1.82) is 0 Å². The van der Waals surface area contributed by atoms with E-state index in [9.17, 15) is 13.2 Å². The van der Waals surface area contributed by atoms with Gasteiger partial charge in [-0.2, -0.15) is 0 Å². The van der Waals surface area contributed by atoms with E-state index in [0.29, 0.717) is 11.5 Å². The molecule has 0 aromatic heterocycles. The van der Waals surface area contributed by atoms with Crippen molar-refractivity contribution in [2.75, 3.05) is 31.3 Å². The largest absolute Gasteiger partial charge is 0.497 e. The predicted molar refractivity (Wildman–Crippen MR) is 105 cm³/mol. The van der Waals surface area contributed by atoms with Crippen molar-refractivity contribution < 1.29 is 22.7 Å². The number of amides is 1. The number of benzene rings is 2. The van der Waals surface area contributed by atoms with Gasteiger partial charge in [0.2, 0.25) is 15.9 Å². The van der Waals surface area contributed by atoms with Gasteiger partial charge in [-0.15, -0.1) is 0 Å². The van der Waals surface area contributed by atoms with Crippen LogP contribution in [0.25, 0.3) is 0 Å². The first-order chi connectivity index (χ1) is 12.7. The number of ether oxygens (including phenoxy) is 2. The Bertz CT molecular complexity index is 900. The van der Waals surface area contributed by atoms with Gasteiger partial charge < -0.3 is 14.8 Å². The fraction of sp³-hybridized carbons (Fsp3) is 0.278. The summed E-state index contributed by atoms with van der Waals surface area (Å²) in [6, 6.07) is 11.7. The van der Waals surface area contributed by atoms with Gasteiger partial charge in [0.25, 0.3) is 0 Å². The van der Waals surface area contributed by atoms with Gasteiger partial charge in [-0.05, 0) is 35.9 Å². The molecule has 0 unspecified atom stereocenters. The lowest BCUT2D eigenvalue weighted by atomic mass is 10.2. The van der Waals surface area contributed by atoms with E-state index >= 15 is 0 Å². The molecule has 0 aliphatic heterocycles. The second-order valence-corrected chi connectivity index (χ2v) is 8.03. The Hall–Kier alpha value is -2.45. The number of methoxy groups -OCH3 is 2. The number of hydrogen-bond donors (Lipinski definition) is 1. The third kappa shape index (κ3) is 5.77. The molecule has 0 atom stereocenters. The van der Waals surface area contributed by atoms with E-state index in [2.05, 4.69) is 5.32 Å². The Morgan fingerprint density at radius 1 is 1.11 bits per heavy atom. The van der Waals surface area contributed by atoms with E-state index in [4.69, 9.17) is 21.1 Å². The van der Waals surface area contributed by atoms with Gasteiger partial charge in [0.05, 0.1) is 31.2 Å². The van der Waals surface area contributed by atoms with Crippen LogP contribution in [0.5, 0.6) is 11.5 Å². The summed E-state index contributed by atoms with van der Waals surface area (Å²) in [6.07, 6.45) is 1.03. The number of rotatable bonds is 8. The minimum Gasteiger partial charge on any atom is -0.497 e. The molecule has 0 spiro atoms. The van der Waals surface area contributed by atoms with Gasteiger partial charge in [-0.3, -0.25) is 9.10 Å². The first-order valence-corrected chi connectivity index (χ1v) is 10.2. The summed E-state index contributed by atoms with van der Waals surface area (Å²) in [7, 11) is -0.653. The number of hydrogen-bond acceptors (Lipinski definition) is 5. The zero-order chi connectivity index (χ0) is 20.0. The molecule has 0 saturated heterocycles. The summed E-state index contributed by atoms with van der Waals surface area (Å²) in [6.45, 7) is -0.0958. The highest BCUT2D eigenvalue weighted by atomic mass is 35.5. The van der Waals surface area contributed by atoms with Crippen LogP contribution in [0, 0.1) is 0 Å². The second-order valence-electron chi connectivity index (χ2n) is 5.71. The predicted octanol–water partition coefficient (Wildman–Crippen LogP) is 2.44. The molecule has 7 nitrogen and oxygen atoms in total.